The molecule has 3 heterocycles. The molecule has 3 atom stereocenters. The average molecular weight is 465 g/mol. The number of alkyl halides is 1. The number of hydrogen-bond acceptors (Lipinski definition) is 7. The number of H-pyrrole nitrogens is 1. The first kappa shape index (κ1) is 20.9. The van der Waals surface area contributed by atoms with E-state index >= 15 is 4.39 Å². The van der Waals surface area contributed by atoms with Gasteiger partial charge in [0.25, 0.3) is 0 Å². The van der Waals surface area contributed by atoms with Crippen molar-refractivity contribution in [2.45, 2.75) is 75.1 Å². The number of halogens is 1. The van der Waals surface area contributed by atoms with Gasteiger partial charge in [0.1, 0.15) is 24.0 Å². The van der Waals surface area contributed by atoms with Crippen molar-refractivity contribution in [1.82, 2.24) is 29.9 Å². The maximum atomic E-state index is 15.1. The van der Waals surface area contributed by atoms with Gasteiger partial charge in [-0.05, 0) is 51.4 Å². The van der Waals surface area contributed by atoms with Crippen LogP contribution in [-0.4, -0.2) is 48.5 Å². The molecule has 0 aromatic carbocycles. The highest BCUT2D eigenvalue weighted by atomic mass is 19.1. The van der Waals surface area contributed by atoms with Crippen molar-refractivity contribution in [3.8, 4) is 6.07 Å². The lowest BCUT2D eigenvalue weighted by molar-refractivity contribution is 0.0546. The molecular weight excluding hydrogens is 439 g/mol. The minimum atomic E-state index is -1.32. The summed E-state index contributed by atoms with van der Waals surface area (Å²) in [7, 11) is 0. The number of alkyl carbamates (subject to hydrolysis) is 1. The number of nitriles is 1. The predicted molar refractivity (Wildman–Crippen MR) is 119 cm³/mol. The third-order valence-corrected chi connectivity index (χ3v) is 7.05. The molecule has 3 aliphatic rings. The summed E-state index contributed by atoms with van der Waals surface area (Å²) in [4.78, 5) is 21.0. The Hall–Kier alpha value is -3.68. The highest BCUT2D eigenvalue weighted by Gasteiger charge is 2.43. The van der Waals surface area contributed by atoms with Crippen LogP contribution in [0.3, 0.4) is 0 Å². The van der Waals surface area contributed by atoms with Crippen LogP contribution < -0.4 is 10.6 Å². The number of hydrogen-bond donors (Lipinski definition) is 3. The Morgan fingerprint density at radius 2 is 2.18 bits per heavy atom. The first-order valence-electron chi connectivity index (χ1n) is 11.7. The van der Waals surface area contributed by atoms with Crippen molar-refractivity contribution in [3.63, 3.8) is 0 Å². The SMILES string of the molecule is CC1(NC(=O)O[C@@H]2CC[C@H](c3cc(Nc4ncc(C5CC5)c5nc(C#N)cn45)n[nH]3)[C@@H]2F)CC1. The fraction of sp³-hybridized carbons (Fsp3) is 0.522. The maximum Gasteiger partial charge on any atom is 0.407 e. The zero-order valence-corrected chi connectivity index (χ0v) is 18.7. The minimum Gasteiger partial charge on any atom is -0.443 e. The summed E-state index contributed by atoms with van der Waals surface area (Å²) in [5.41, 5.74) is 2.49. The predicted octanol–water partition coefficient (Wildman–Crippen LogP) is 3.81. The standard InChI is InChI=1S/C23H25FN8O2/c1-23(6-7-23)29-22(33)34-17-5-4-14(19(17)24)16-8-18(31-30-16)28-21-26-10-15(12-2-3-12)20-27-13(9-25)11-32(20)21/h8,10-12,14,17,19H,2-7H2,1H3,(H,29,33)(H2,26,28,30,31)/t14-,17-,19+/m1/s1. The number of fused-ring (bicyclic) bond motifs is 1. The van der Waals surface area contributed by atoms with Gasteiger partial charge in [-0.15, -0.1) is 0 Å². The van der Waals surface area contributed by atoms with Gasteiger partial charge in [-0.25, -0.2) is 19.2 Å². The Morgan fingerprint density at radius 3 is 2.91 bits per heavy atom. The molecule has 0 aliphatic heterocycles. The zero-order valence-electron chi connectivity index (χ0n) is 18.7. The molecule has 3 aromatic heterocycles. The number of ether oxygens (including phenoxy) is 1. The molecule has 176 valence electrons. The lowest BCUT2D eigenvalue weighted by atomic mass is 10.0. The van der Waals surface area contributed by atoms with Gasteiger partial charge in [-0.2, -0.15) is 10.4 Å². The molecule has 3 aromatic rings. The van der Waals surface area contributed by atoms with Gasteiger partial charge in [0.2, 0.25) is 5.95 Å². The molecule has 6 rings (SSSR count). The molecule has 0 unspecified atom stereocenters. The highest BCUT2D eigenvalue weighted by Crippen LogP contribution is 2.42. The number of anilines is 2. The second-order valence-corrected chi connectivity index (χ2v) is 9.83. The van der Waals surface area contributed by atoms with Crippen LogP contribution in [0.5, 0.6) is 0 Å². The molecule has 11 heteroatoms. The van der Waals surface area contributed by atoms with Crippen LogP contribution in [0.15, 0.2) is 18.5 Å². The molecule has 10 nitrogen and oxygen atoms in total. The Labute approximate surface area is 194 Å². The number of carbonyl (C=O) groups is 1. The van der Waals surface area contributed by atoms with Crippen molar-refractivity contribution >= 4 is 23.5 Å². The van der Waals surface area contributed by atoms with E-state index in [1.807, 2.05) is 6.92 Å². The Morgan fingerprint density at radius 1 is 1.35 bits per heavy atom. The molecule has 0 bridgehead atoms. The molecule has 3 fully saturated rings. The molecule has 34 heavy (non-hydrogen) atoms. The number of aromatic amines is 1. The van der Waals surface area contributed by atoms with Crippen molar-refractivity contribution in [3.05, 3.63) is 35.4 Å². The van der Waals surface area contributed by atoms with E-state index in [0.29, 0.717) is 47.6 Å². The maximum absolute atomic E-state index is 15.1. The first-order chi connectivity index (χ1) is 16.4. The van der Waals surface area contributed by atoms with Crippen LogP contribution >= 0.6 is 0 Å². The number of nitrogens with one attached hydrogen (secondary N) is 3. The van der Waals surface area contributed by atoms with E-state index in [1.165, 1.54) is 0 Å². The molecule has 0 spiro atoms. The van der Waals surface area contributed by atoms with Crippen LogP contribution in [0.4, 0.5) is 21.0 Å². The Kier molecular flexibility index (Phi) is 4.72. The van der Waals surface area contributed by atoms with Crippen LogP contribution in [-0.2, 0) is 4.74 Å². The van der Waals surface area contributed by atoms with Crippen LogP contribution in [0.2, 0.25) is 0 Å². The highest BCUT2D eigenvalue weighted by molar-refractivity contribution is 5.69. The first-order valence-corrected chi connectivity index (χ1v) is 11.7. The lowest BCUT2D eigenvalue weighted by Gasteiger charge is -2.19. The topological polar surface area (TPSA) is 133 Å². The smallest absolute Gasteiger partial charge is 0.407 e. The lowest BCUT2D eigenvalue weighted by Crippen LogP contribution is -2.38. The van der Waals surface area contributed by atoms with Gasteiger partial charge in [0.15, 0.2) is 11.5 Å². The molecule has 1 amide bonds. The Bertz CT molecular complexity index is 1300. The summed E-state index contributed by atoms with van der Waals surface area (Å²) in [5.74, 6) is 0.941. The summed E-state index contributed by atoms with van der Waals surface area (Å²) < 4.78 is 22.3. The average Bonchev–Trinajstić information content (AvgIpc) is 3.63. The molecule has 3 saturated carbocycles. The van der Waals surface area contributed by atoms with Crippen LogP contribution in [0.25, 0.3) is 5.65 Å². The van der Waals surface area contributed by atoms with Gasteiger partial charge >= 0.3 is 6.09 Å². The van der Waals surface area contributed by atoms with Crippen molar-refractivity contribution in [2.75, 3.05) is 5.32 Å². The molecule has 3 aliphatic carbocycles. The summed E-state index contributed by atoms with van der Waals surface area (Å²) in [6.45, 7) is 1.95. The normalized spacial score (nSPS) is 25.1. The van der Waals surface area contributed by atoms with Crippen LogP contribution in [0.1, 0.15) is 74.2 Å². The fourth-order valence-corrected chi connectivity index (χ4v) is 4.63. The Balaban J connectivity index is 1.16. The van der Waals surface area contributed by atoms with E-state index in [4.69, 9.17) is 4.74 Å². The summed E-state index contributed by atoms with van der Waals surface area (Å²) >= 11 is 0. The van der Waals surface area contributed by atoms with Crippen molar-refractivity contribution in [1.29, 1.82) is 5.26 Å². The van der Waals surface area contributed by atoms with E-state index in [9.17, 15) is 10.1 Å². The van der Waals surface area contributed by atoms with Gasteiger partial charge in [-0.3, -0.25) is 9.50 Å². The number of amides is 1. The number of nitrogens with zero attached hydrogens (tertiary/aromatic N) is 5. The third-order valence-electron chi connectivity index (χ3n) is 7.05. The molecule has 0 radical (unpaired) electrons. The largest absolute Gasteiger partial charge is 0.443 e. The minimum absolute atomic E-state index is 0.204. The van der Waals surface area contributed by atoms with Gasteiger partial charge < -0.3 is 15.4 Å². The third kappa shape index (κ3) is 3.83. The van der Waals surface area contributed by atoms with Gasteiger partial charge in [-0.1, -0.05) is 0 Å². The fourth-order valence-electron chi connectivity index (χ4n) is 4.63. The molecule has 0 saturated heterocycles. The quantitative estimate of drug-likeness (QED) is 0.505. The zero-order chi connectivity index (χ0) is 23.4. The van der Waals surface area contributed by atoms with Gasteiger partial charge in [0.05, 0.1) is 6.20 Å². The second kappa shape index (κ2) is 7.68. The van der Waals surface area contributed by atoms with Gasteiger partial charge in [0, 0.05) is 35.0 Å². The molecular formula is C23H25FN8O2. The van der Waals surface area contributed by atoms with E-state index in [0.717, 1.165) is 31.2 Å². The summed E-state index contributed by atoms with van der Waals surface area (Å²) in [6.07, 6.45) is 5.81. The number of imidazole rings is 1. The van der Waals surface area contributed by atoms with Crippen LogP contribution in [0, 0.1) is 11.3 Å². The number of carbonyl (C=O) groups excluding carboxylic acids is 1. The number of rotatable bonds is 6. The van der Waals surface area contributed by atoms with E-state index < -0.39 is 24.3 Å². The summed E-state index contributed by atoms with van der Waals surface area (Å²) in [5, 5.41) is 22.4. The van der Waals surface area contributed by atoms with E-state index in [2.05, 4.69) is 36.9 Å². The molecule has 3 N–H and O–H groups in total. The summed E-state index contributed by atoms with van der Waals surface area (Å²) in [6, 6.07) is 3.83. The monoisotopic (exact) mass is 464 g/mol. The number of aromatic nitrogens is 5. The second-order valence-electron chi connectivity index (χ2n) is 9.83. The van der Waals surface area contributed by atoms with E-state index in [-0.39, 0.29) is 5.54 Å². The van der Waals surface area contributed by atoms with Crippen molar-refractivity contribution in [2.24, 2.45) is 0 Å². The van der Waals surface area contributed by atoms with E-state index in [1.54, 1.807) is 22.9 Å². The van der Waals surface area contributed by atoms with Crippen molar-refractivity contribution < 1.29 is 13.9 Å².